The Morgan fingerprint density at radius 3 is 2.79 bits per heavy atom. The van der Waals surface area contributed by atoms with E-state index in [1.807, 2.05) is 12.1 Å². The summed E-state index contributed by atoms with van der Waals surface area (Å²) in [5.41, 5.74) is 1.49. The predicted molar refractivity (Wildman–Crippen MR) is 85.1 cm³/mol. The molecule has 0 spiro atoms. The molecule has 1 aromatic rings. The molecule has 1 aliphatic carbocycles. The van der Waals surface area contributed by atoms with Crippen LogP contribution in [0, 0.1) is 6.42 Å². The van der Waals surface area contributed by atoms with E-state index in [9.17, 15) is 14.4 Å². The lowest BCUT2D eigenvalue weighted by Crippen LogP contribution is -2.52. The molecule has 1 radical (unpaired) electrons. The van der Waals surface area contributed by atoms with E-state index in [0.717, 1.165) is 30.6 Å². The number of ether oxygens (including phenoxy) is 1. The van der Waals surface area contributed by atoms with Gasteiger partial charge >= 0.3 is 0 Å². The zero-order chi connectivity index (χ0) is 16.7. The van der Waals surface area contributed by atoms with Gasteiger partial charge in [0, 0.05) is 24.9 Å². The van der Waals surface area contributed by atoms with Gasteiger partial charge in [0.05, 0.1) is 0 Å². The summed E-state index contributed by atoms with van der Waals surface area (Å²) in [7, 11) is 0. The largest absolute Gasteiger partial charge is 0.490 e. The second kappa shape index (κ2) is 5.92. The van der Waals surface area contributed by atoms with E-state index in [2.05, 4.69) is 11.7 Å². The van der Waals surface area contributed by atoms with Crippen LogP contribution in [-0.4, -0.2) is 34.8 Å². The second-order valence-corrected chi connectivity index (χ2v) is 6.54. The summed E-state index contributed by atoms with van der Waals surface area (Å²) in [6.07, 6.45) is 6.22. The monoisotopic (exact) mass is 327 g/mol. The number of nitrogens with zero attached hydrogens (tertiary/aromatic N) is 1. The minimum atomic E-state index is -0.574. The Hall–Kier alpha value is -2.37. The first kappa shape index (κ1) is 15.2. The van der Waals surface area contributed by atoms with Gasteiger partial charge in [0.1, 0.15) is 17.9 Å². The Bertz CT molecular complexity index is 709. The fraction of sp³-hybridized carbons (Fsp3) is 0.444. The fourth-order valence-corrected chi connectivity index (χ4v) is 3.65. The first-order chi connectivity index (χ1) is 11.6. The summed E-state index contributed by atoms with van der Waals surface area (Å²) in [6, 6.07) is 4.91. The number of hydrogen-bond acceptors (Lipinski definition) is 4. The van der Waals surface area contributed by atoms with Crippen molar-refractivity contribution in [1.29, 1.82) is 0 Å². The number of rotatable bonds is 3. The smallest absolute Gasteiger partial charge is 0.255 e. The highest BCUT2D eigenvalue weighted by molar-refractivity contribution is 6.05. The van der Waals surface area contributed by atoms with Gasteiger partial charge in [0.2, 0.25) is 11.8 Å². The molecule has 24 heavy (non-hydrogen) atoms. The Morgan fingerprint density at radius 1 is 1.17 bits per heavy atom. The van der Waals surface area contributed by atoms with Crippen molar-refractivity contribution in [3.8, 4) is 5.75 Å². The van der Waals surface area contributed by atoms with E-state index < -0.39 is 6.04 Å². The van der Waals surface area contributed by atoms with Crippen LogP contribution < -0.4 is 10.1 Å². The van der Waals surface area contributed by atoms with Gasteiger partial charge in [-0.25, -0.2) is 0 Å². The third kappa shape index (κ3) is 2.66. The van der Waals surface area contributed by atoms with Crippen LogP contribution in [0.3, 0.4) is 0 Å². The number of imide groups is 1. The van der Waals surface area contributed by atoms with Crippen LogP contribution in [0.25, 0.3) is 0 Å². The van der Waals surface area contributed by atoms with E-state index in [4.69, 9.17) is 4.74 Å². The molecule has 1 saturated heterocycles. The number of fused-ring (bicyclic) bond motifs is 1. The maximum Gasteiger partial charge on any atom is 0.255 e. The molecule has 2 fully saturated rings. The van der Waals surface area contributed by atoms with E-state index in [1.165, 1.54) is 0 Å². The number of benzene rings is 1. The Kier molecular flexibility index (Phi) is 3.75. The standard InChI is InChI=1S/C18H19N2O4/c21-16-8-7-15(17(22)19-16)20-10-11-9-13(5-6-14(11)18(20)23)24-12-3-1-2-4-12/h3,5-6,9,12,15H,1-2,4,7-8,10H2,(H,19,21,22)/t12-,15?/m0/s1. The van der Waals surface area contributed by atoms with Crippen LogP contribution in [0.15, 0.2) is 18.2 Å². The molecule has 1 aromatic carbocycles. The summed E-state index contributed by atoms with van der Waals surface area (Å²) in [6.45, 7) is 0.381. The van der Waals surface area contributed by atoms with Crippen molar-refractivity contribution in [2.45, 2.75) is 50.8 Å². The number of hydrogen-bond donors (Lipinski definition) is 1. The van der Waals surface area contributed by atoms with Gasteiger partial charge in [-0.15, -0.1) is 0 Å². The molecule has 3 aliphatic rings. The Morgan fingerprint density at radius 2 is 2.04 bits per heavy atom. The van der Waals surface area contributed by atoms with Crippen molar-refractivity contribution in [2.24, 2.45) is 0 Å². The van der Waals surface area contributed by atoms with Crippen molar-refractivity contribution in [3.05, 3.63) is 35.7 Å². The molecule has 3 amide bonds. The van der Waals surface area contributed by atoms with E-state index >= 15 is 0 Å². The number of carbonyl (C=O) groups is 3. The molecular formula is C18H19N2O4. The number of nitrogens with one attached hydrogen (secondary N) is 1. The van der Waals surface area contributed by atoms with Crippen LogP contribution in [-0.2, 0) is 16.1 Å². The number of carbonyl (C=O) groups excluding carboxylic acids is 3. The van der Waals surface area contributed by atoms with Crippen LogP contribution in [0.1, 0.15) is 48.0 Å². The SMILES string of the molecule is O=C1CCC(N2Cc3cc(O[C@H]4[CH]CCC4)ccc3C2=O)C(=O)N1. The Balaban J connectivity index is 1.51. The molecule has 2 atom stereocenters. The van der Waals surface area contributed by atoms with Gasteiger partial charge in [0.15, 0.2) is 0 Å². The van der Waals surface area contributed by atoms with Crippen molar-refractivity contribution in [3.63, 3.8) is 0 Å². The Labute approximate surface area is 140 Å². The molecule has 2 heterocycles. The first-order valence-electron chi connectivity index (χ1n) is 8.39. The minimum absolute atomic E-state index is 0.145. The molecule has 1 N–H and O–H groups in total. The first-order valence-corrected chi connectivity index (χ1v) is 8.39. The molecule has 0 bridgehead atoms. The lowest BCUT2D eigenvalue weighted by atomic mass is 10.0. The molecule has 1 unspecified atom stereocenters. The van der Waals surface area contributed by atoms with Crippen molar-refractivity contribution in [2.75, 3.05) is 0 Å². The number of amides is 3. The van der Waals surface area contributed by atoms with Crippen LogP contribution in [0.4, 0.5) is 0 Å². The highest BCUT2D eigenvalue weighted by Gasteiger charge is 2.39. The zero-order valence-corrected chi connectivity index (χ0v) is 13.3. The molecule has 1 saturated carbocycles. The number of piperidine rings is 1. The van der Waals surface area contributed by atoms with Crippen molar-refractivity contribution >= 4 is 17.7 Å². The fourth-order valence-electron chi connectivity index (χ4n) is 3.65. The topological polar surface area (TPSA) is 75.7 Å². The molecule has 6 heteroatoms. The molecular weight excluding hydrogens is 308 g/mol. The van der Waals surface area contributed by atoms with Crippen LogP contribution >= 0.6 is 0 Å². The lowest BCUT2D eigenvalue weighted by molar-refractivity contribution is -0.136. The summed E-state index contributed by atoms with van der Waals surface area (Å²) >= 11 is 0. The highest BCUT2D eigenvalue weighted by Crippen LogP contribution is 2.31. The third-order valence-corrected chi connectivity index (χ3v) is 4.90. The van der Waals surface area contributed by atoms with E-state index in [0.29, 0.717) is 18.5 Å². The van der Waals surface area contributed by atoms with Crippen molar-refractivity contribution in [1.82, 2.24) is 10.2 Å². The lowest BCUT2D eigenvalue weighted by Gasteiger charge is -2.29. The summed E-state index contributed by atoms with van der Waals surface area (Å²) < 4.78 is 5.94. The van der Waals surface area contributed by atoms with Gasteiger partial charge in [0.25, 0.3) is 5.91 Å². The molecule has 4 rings (SSSR count). The van der Waals surface area contributed by atoms with Crippen LogP contribution in [0.5, 0.6) is 5.75 Å². The van der Waals surface area contributed by atoms with Gasteiger partial charge in [-0.2, -0.15) is 0 Å². The molecule has 125 valence electrons. The summed E-state index contributed by atoms with van der Waals surface area (Å²) in [5.74, 6) is -0.0540. The van der Waals surface area contributed by atoms with Gasteiger partial charge in [-0.1, -0.05) is 0 Å². The molecule has 0 aromatic heterocycles. The maximum atomic E-state index is 12.6. The maximum absolute atomic E-state index is 12.6. The van der Waals surface area contributed by atoms with Crippen LogP contribution in [0.2, 0.25) is 0 Å². The minimum Gasteiger partial charge on any atom is -0.490 e. The van der Waals surface area contributed by atoms with E-state index in [-0.39, 0.29) is 30.2 Å². The van der Waals surface area contributed by atoms with Gasteiger partial charge in [-0.3, -0.25) is 19.7 Å². The quantitative estimate of drug-likeness (QED) is 0.855. The normalized spacial score (nSPS) is 24.2. The molecule has 2 aliphatic heterocycles. The zero-order valence-electron chi connectivity index (χ0n) is 13.3. The average molecular weight is 327 g/mol. The molecule has 6 nitrogen and oxygen atoms in total. The van der Waals surface area contributed by atoms with Gasteiger partial charge in [-0.05, 0) is 49.4 Å². The summed E-state index contributed by atoms with van der Waals surface area (Å²) in [5, 5.41) is 2.31. The predicted octanol–water partition coefficient (Wildman–Crippen LogP) is 1.58. The third-order valence-electron chi connectivity index (χ3n) is 4.90. The average Bonchev–Trinajstić information content (AvgIpc) is 3.16. The van der Waals surface area contributed by atoms with Crippen molar-refractivity contribution < 1.29 is 19.1 Å². The second-order valence-electron chi connectivity index (χ2n) is 6.54. The van der Waals surface area contributed by atoms with Gasteiger partial charge < -0.3 is 9.64 Å². The van der Waals surface area contributed by atoms with E-state index in [1.54, 1.807) is 11.0 Å². The summed E-state index contributed by atoms with van der Waals surface area (Å²) in [4.78, 5) is 37.5. The highest BCUT2D eigenvalue weighted by atomic mass is 16.5.